The molecule has 2 aromatic rings. The number of hydrogen-bond acceptors (Lipinski definition) is 3. The Morgan fingerprint density at radius 2 is 1.74 bits per heavy atom. The van der Waals surface area contributed by atoms with Gasteiger partial charge in [-0.15, -0.1) is 0 Å². The summed E-state index contributed by atoms with van der Waals surface area (Å²) in [7, 11) is -3.67. The second-order valence-electron chi connectivity index (χ2n) is 6.43. The van der Waals surface area contributed by atoms with E-state index in [0.717, 1.165) is 5.56 Å². The smallest absolute Gasteiger partial charge is 0.257 e. The van der Waals surface area contributed by atoms with Crippen LogP contribution in [0.3, 0.4) is 0 Å². The zero-order chi connectivity index (χ0) is 20.2. The molecule has 0 fully saturated rings. The molecule has 0 bridgehead atoms. The molecule has 2 aromatic carbocycles. The Kier molecular flexibility index (Phi) is 7.03. The lowest BCUT2D eigenvalue weighted by atomic mass is 10.0. The molecule has 0 aromatic heterocycles. The second kappa shape index (κ2) is 8.87. The molecule has 0 saturated heterocycles. The van der Waals surface area contributed by atoms with Crippen LogP contribution in [0.25, 0.3) is 0 Å². The maximum Gasteiger partial charge on any atom is 0.257 e. The van der Waals surface area contributed by atoms with Crippen LogP contribution < -0.4 is 5.32 Å². The van der Waals surface area contributed by atoms with Crippen LogP contribution >= 0.6 is 11.6 Å². The fraction of sp³-hybridized carbons (Fsp3) is 0.350. The summed E-state index contributed by atoms with van der Waals surface area (Å²) in [6.07, 6.45) is 0. The molecule has 0 atom stereocenters. The molecule has 1 amide bonds. The molecule has 0 radical (unpaired) electrons. The molecule has 0 saturated carbocycles. The van der Waals surface area contributed by atoms with Crippen molar-refractivity contribution in [2.45, 2.75) is 38.5 Å². The van der Waals surface area contributed by atoms with Gasteiger partial charge >= 0.3 is 0 Å². The summed E-state index contributed by atoms with van der Waals surface area (Å²) in [5, 5.41) is 3.05. The largest absolute Gasteiger partial charge is 0.322 e. The van der Waals surface area contributed by atoms with Gasteiger partial charge in [-0.05, 0) is 35.7 Å². The van der Waals surface area contributed by atoms with Gasteiger partial charge in [-0.2, -0.15) is 4.31 Å². The van der Waals surface area contributed by atoms with Gasteiger partial charge in [-0.3, -0.25) is 4.79 Å². The van der Waals surface area contributed by atoms with Gasteiger partial charge in [0, 0.05) is 18.8 Å². The first kappa shape index (κ1) is 21.4. The molecule has 0 aliphatic carbocycles. The number of hydrogen-bond donors (Lipinski definition) is 1. The van der Waals surface area contributed by atoms with Crippen LogP contribution in [0.2, 0.25) is 5.02 Å². The highest BCUT2D eigenvalue weighted by Gasteiger charge is 2.24. The monoisotopic (exact) mass is 408 g/mol. The molecular formula is C20H25ClN2O3S. The summed E-state index contributed by atoms with van der Waals surface area (Å²) < 4.78 is 26.8. The van der Waals surface area contributed by atoms with Gasteiger partial charge in [-0.25, -0.2) is 8.42 Å². The molecular weight excluding hydrogens is 384 g/mol. The quantitative estimate of drug-likeness (QED) is 0.719. The Hall–Kier alpha value is -1.89. The normalized spacial score (nSPS) is 11.8. The van der Waals surface area contributed by atoms with E-state index in [9.17, 15) is 13.2 Å². The van der Waals surface area contributed by atoms with Crippen molar-refractivity contribution in [1.82, 2.24) is 4.31 Å². The third-order valence-electron chi connectivity index (χ3n) is 4.36. The molecule has 27 heavy (non-hydrogen) atoms. The maximum absolute atomic E-state index is 12.8. The van der Waals surface area contributed by atoms with Crippen LogP contribution in [0.15, 0.2) is 47.4 Å². The van der Waals surface area contributed by atoms with Crippen molar-refractivity contribution in [3.63, 3.8) is 0 Å². The van der Waals surface area contributed by atoms with Crippen LogP contribution in [0.5, 0.6) is 0 Å². The zero-order valence-corrected chi connectivity index (χ0v) is 17.6. The summed E-state index contributed by atoms with van der Waals surface area (Å²) in [5.74, 6) is -0.212. The topological polar surface area (TPSA) is 66.5 Å². The lowest BCUT2D eigenvalue weighted by Gasteiger charge is -2.19. The van der Waals surface area contributed by atoms with E-state index in [2.05, 4.69) is 5.32 Å². The summed E-state index contributed by atoms with van der Waals surface area (Å²) in [4.78, 5) is 12.8. The first-order chi connectivity index (χ1) is 12.7. The predicted molar refractivity (Wildman–Crippen MR) is 110 cm³/mol. The molecule has 0 heterocycles. The molecule has 5 nitrogen and oxygen atoms in total. The SMILES string of the molecule is CCN(CC)S(=O)(=O)c1ccc(Cl)c(C(=O)Nc2ccccc2C(C)C)c1. The highest BCUT2D eigenvalue weighted by atomic mass is 35.5. The second-order valence-corrected chi connectivity index (χ2v) is 8.77. The van der Waals surface area contributed by atoms with Crippen molar-refractivity contribution in [3.8, 4) is 0 Å². The Labute approximate surface area is 166 Å². The van der Waals surface area contributed by atoms with E-state index in [1.165, 1.54) is 22.5 Å². The Morgan fingerprint density at radius 3 is 2.33 bits per heavy atom. The third kappa shape index (κ3) is 4.69. The van der Waals surface area contributed by atoms with E-state index in [-0.39, 0.29) is 21.4 Å². The van der Waals surface area contributed by atoms with Crippen LogP contribution in [0, 0.1) is 0 Å². The summed E-state index contributed by atoms with van der Waals surface area (Å²) >= 11 is 6.19. The summed E-state index contributed by atoms with van der Waals surface area (Å²) in [6, 6.07) is 11.7. The number of amides is 1. The maximum atomic E-state index is 12.8. The van der Waals surface area contributed by atoms with Gasteiger partial charge in [0.25, 0.3) is 5.91 Å². The van der Waals surface area contributed by atoms with Crippen molar-refractivity contribution < 1.29 is 13.2 Å². The number of benzene rings is 2. The average Bonchev–Trinajstić information content (AvgIpc) is 2.62. The molecule has 0 spiro atoms. The van der Waals surface area contributed by atoms with Crippen LogP contribution in [0.1, 0.15) is 49.5 Å². The summed E-state index contributed by atoms with van der Waals surface area (Å²) in [5.41, 5.74) is 1.81. The third-order valence-corrected chi connectivity index (χ3v) is 6.73. The predicted octanol–water partition coefficient (Wildman–Crippen LogP) is 4.75. The average molecular weight is 409 g/mol. The number of nitrogens with one attached hydrogen (secondary N) is 1. The lowest BCUT2D eigenvalue weighted by molar-refractivity contribution is 0.102. The number of halogens is 1. The fourth-order valence-corrected chi connectivity index (χ4v) is 4.54. The first-order valence-electron chi connectivity index (χ1n) is 8.92. The molecule has 0 aliphatic heterocycles. The van der Waals surface area contributed by atoms with Gasteiger partial charge in [-0.1, -0.05) is 57.5 Å². The molecule has 2 rings (SSSR count). The van der Waals surface area contributed by atoms with Crippen molar-refractivity contribution in [3.05, 3.63) is 58.6 Å². The molecule has 7 heteroatoms. The Bertz CT molecular complexity index is 923. The minimum Gasteiger partial charge on any atom is -0.322 e. The number of nitrogens with zero attached hydrogens (tertiary/aromatic N) is 1. The minimum absolute atomic E-state index is 0.0536. The highest BCUT2D eigenvalue weighted by Crippen LogP contribution is 2.27. The van der Waals surface area contributed by atoms with Gasteiger partial charge in [0.05, 0.1) is 15.5 Å². The van der Waals surface area contributed by atoms with Crippen molar-refractivity contribution >= 4 is 33.2 Å². The number of para-hydroxylation sites is 1. The zero-order valence-electron chi connectivity index (χ0n) is 16.0. The fourth-order valence-electron chi connectivity index (χ4n) is 2.86. The first-order valence-corrected chi connectivity index (χ1v) is 10.7. The minimum atomic E-state index is -3.67. The van der Waals surface area contributed by atoms with Crippen LogP contribution in [-0.2, 0) is 10.0 Å². The number of rotatable bonds is 7. The van der Waals surface area contributed by atoms with E-state index in [1.807, 2.05) is 38.1 Å². The van der Waals surface area contributed by atoms with E-state index in [1.54, 1.807) is 13.8 Å². The standard InChI is InChI=1S/C20H25ClN2O3S/c1-5-23(6-2)27(25,26)15-11-12-18(21)17(13-15)20(24)22-19-10-8-7-9-16(19)14(3)4/h7-14H,5-6H2,1-4H3,(H,22,24). The van der Waals surface area contributed by atoms with Gasteiger partial charge in [0.15, 0.2) is 0 Å². The van der Waals surface area contributed by atoms with Crippen LogP contribution in [-0.4, -0.2) is 31.7 Å². The molecule has 0 aliphatic rings. The van der Waals surface area contributed by atoms with Crippen molar-refractivity contribution in [2.24, 2.45) is 0 Å². The number of carbonyl (C=O) groups excluding carboxylic acids is 1. The van der Waals surface area contributed by atoms with Crippen LogP contribution in [0.4, 0.5) is 5.69 Å². The molecule has 146 valence electrons. The lowest BCUT2D eigenvalue weighted by Crippen LogP contribution is -2.30. The number of carbonyl (C=O) groups is 1. The Morgan fingerprint density at radius 1 is 1.11 bits per heavy atom. The van der Waals surface area contributed by atoms with Gasteiger partial charge in [0.1, 0.15) is 0 Å². The van der Waals surface area contributed by atoms with E-state index < -0.39 is 15.9 Å². The van der Waals surface area contributed by atoms with Gasteiger partial charge in [0.2, 0.25) is 10.0 Å². The Balaban J connectivity index is 2.41. The highest BCUT2D eigenvalue weighted by molar-refractivity contribution is 7.89. The number of anilines is 1. The van der Waals surface area contributed by atoms with E-state index in [4.69, 9.17) is 11.6 Å². The van der Waals surface area contributed by atoms with E-state index in [0.29, 0.717) is 18.8 Å². The van der Waals surface area contributed by atoms with E-state index >= 15 is 0 Å². The molecule has 1 N–H and O–H groups in total. The molecule has 0 unspecified atom stereocenters. The van der Waals surface area contributed by atoms with Gasteiger partial charge < -0.3 is 5.32 Å². The van der Waals surface area contributed by atoms with Crippen molar-refractivity contribution in [2.75, 3.05) is 18.4 Å². The summed E-state index contributed by atoms with van der Waals surface area (Å²) in [6.45, 7) is 8.32. The van der Waals surface area contributed by atoms with Crippen molar-refractivity contribution in [1.29, 1.82) is 0 Å². The number of sulfonamides is 1.